The van der Waals surface area contributed by atoms with Crippen LogP contribution in [-0.2, 0) is 5.41 Å². The number of thiophene rings is 1. The van der Waals surface area contributed by atoms with E-state index in [0.29, 0.717) is 5.02 Å². The molecule has 0 radical (unpaired) electrons. The fourth-order valence-corrected chi connectivity index (χ4v) is 15.9. The molecule has 0 saturated heterocycles. The van der Waals surface area contributed by atoms with Crippen LogP contribution in [0.25, 0.3) is 97.4 Å². The summed E-state index contributed by atoms with van der Waals surface area (Å²) in [5.41, 5.74) is 20.0. The Morgan fingerprint density at radius 1 is 0.326 bits per heavy atom. The summed E-state index contributed by atoms with van der Waals surface area (Å²) in [5.74, 6) is 1.50. The van der Waals surface area contributed by atoms with Crippen LogP contribution in [-0.4, -0.2) is 0 Å². The zero-order valence-electron chi connectivity index (χ0n) is 47.9. The Hall–Kier alpha value is -11.0. The van der Waals surface area contributed by atoms with Gasteiger partial charge in [-0.1, -0.05) is 224 Å². The molecule has 1 atom stereocenters. The number of anilines is 6. The van der Waals surface area contributed by atoms with Crippen molar-refractivity contribution in [1.82, 2.24) is 0 Å². The zero-order chi connectivity index (χ0) is 58.7. The lowest BCUT2D eigenvalue weighted by atomic mass is 9.66. The van der Waals surface area contributed by atoms with Crippen molar-refractivity contribution in [3.8, 4) is 56.0 Å². The Morgan fingerprint density at radius 2 is 0.899 bits per heavy atom. The highest BCUT2D eigenvalue weighted by Gasteiger charge is 2.52. The number of para-hydroxylation sites is 2. The van der Waals surface area contributed by atoms with Gasteiger partial charge in [0.25, 0.3) is 0 Å². The molecule has 3 heterocycles. The number of ether oxygens (including phenoxy) is 1. The summed E-state index contributed by atoms with van der Waals surface area (Å²) < 4.78 is 17.0. The standard InChI is InChI=1S/C83H51ClN2O2S/c84-74-32-18-31-73-81(74)65-28-12-15-30-70(65)83(73)71-43-41-60(85(58-25-8-3-9-26-58)63-46-67(55-22-6-2-7-23-55)80-66-29-14-17-34-78(66)89-79(80)51-63)49-76(71)87-77-50-61(42-44-72(77)83)86(59-39-37-54(38-40-59)52-19-4-1-5-20-52)62-47-68(57-36-35-53-21-10-11-24-56(53)45-57)82-69(48-62)64-27-13-16-33-75(64)88-82/h1-51H/t83-/m1/s1. The van der Waals surface area contributed by atoms with E-state index in [1.165, 1.54) is 36.7 Å². The summed E-state index contributed by atoms with van der Waals surface area (Å²) in [6.07, 6.45) is 0. The quantitative estimate of drug-likeness (QED) is 0.144. The predicted octanol–water partition coefficient (Wildman–Crippen LogP) is 24.2. The van der Waals surface area contributed by atoms with Gasteiger partial charge in [0.2, 0.25) is 0 Å². The van der Waals surface area contributed by atoms with Gasteiger partial charge in [0.05, 0.1) is 5.41 Å². The molecule has 1 aliphatic heterocycles. The van der Waals surface area contributed by atoms with Crippen LogP contribution in [0.4, 0.5) is 34.1 Å². The second-order valence-electron chi connectivity index (χ2n) is 23.2. The molecule has 14 aromatic carbocycles. The molecule has 6 heteroatoms. The maximum absolute atomic E-state index is 7.68. The van der Waals surface area contributed by atoms with Crippen molar-refractivity contribution in [3.05, 3.63) is 337 Å². The summed E-state index contributed by atoms with van der Waals surface area (Å²) in [7, 11) is 0. The van der Waals surface area contributed by atoms with Gasteiger partial charge < -0.3 is 19.0 Å². The van der Waals surface area contributed by atoms with Gasteiger partial charge >= 0.3 is 0 Å². The maximum atomic E-state index is 7.68. The van der Waals surface area contributed by atoms with Crippen molar-refractivity contribution in [2.24, 2.45) is 0 Å². The van der Waals surface area contributed by atoms with Gasteiger partial charge in [-0.05, 0) is 140 Å². The molecule has 0 saturated carbocycles. The summed E-state index contributed by atoms with van der Waals surface area (Å²) >= 11 is 9.28. The number of benzene rings is 14. The maximum Gasteiger partial charge on any atom is 0.143 e. The van der Waals surface area contributed by atoms with Crippen LogP contribution >= 0.6 is 22.9 Å². The van der Waals surface area contributed by atoms with Crippen molar-refractivity contribution in [3.63, 3.8) is 0 Å². The molecule has 0 unspecified atom stereocenters. The molecular formula is C83H51ClN2O2S. The molecule has 18 rings (SSSR count). The van der Waals surface area contributed by atoms with Gasteiger partial charge in [0.1, 0.15) is 22.7 Å². The summed E-state index contributed by atoms with van der Waals surface area (Å²) in [6.45, 7) is 0. The van der Waals surface area contributed by atoms with Crippen LogP contribution < -0.4 is 14.5 Å². The molecule has 418 valence electrons. The van der Waals surface area contributed by atoms with Crippen LogP contribution in [0.5, 0.6) is 11.5 Å². The summed E-state index contributed by atoms with van der Waals surface area (Å²) in [4.78, 5) is 4.76. The van der Waals surface area contributed by atoms with E-state index in [9.17, 15) is 0 Å². The number of hydrogen-bond acceptors (Lipinski definition) is 5. The Balaban J connectivity index is 0.873. The zero-order valence-corrected chi connectivity index (χ0v) is 49.5. The molecule has 0 fully saturated rings. The molecule has 1 spiro atoms. The number of nitrogens with zero attached hydrogens (tertiary/aromatic N) is 2. The van der Waals surface area contributed by atoms with E-state index in [-0.39, 0.29) is 0 Å². The van der Waals surface area contributed by atoms with Gasteiger partial charge in [-0.25, -0.2) is 0 Å². The van der Waals surface area contributed by atoms with E-state index in [0.717, 1.165) is 129 Å². The molecule has 2 aliphatic rings. The number of halogens is 1. The van der Waals surface area contributed by atoms with Crippen LogP contribution in [0.1, 0.15) is 22.3 Å². The van der Waals surface area contributed by atoms with E-state index in [2.05, 4.69) is 307 Å². The lowest BCUT2D eigenvalue weighted by Crippen LogP contribution is -2.32. The first-order chi connectivity index (χ1) is 44.0. The average molecular weight is 1180 g/mol. The number of hydrogen-bond donors (Lipinski definition) is 0. The Labute approximate surface area is 523 Å². The molecule has 16 aromatic rings. The first-order valence-electron chi connectivity index (χ1n) is 30.1. The highest BCUT2D eigenvalue weighted by molar-refractivity contribution is 7.26. The highest BCUT2D eigenvalue weighted by atomic mass is 35.5. The van der Waals surface area contributed by atoms with Crippen LogP contribution in [0.2, 0.25) is 5.02 Å². The smallest absolute Gasteiger partial charge is 0.143 e. The topological polar surface area (TPSA) is 28.9 Å². The molecule has 4 nitrogen and oxygen atoms in total. The number of furan rings is 1. The molecule has 0 N–H and O–H groups in total. The molecular weight excluding hydrogens is 1120 g/mol. The molecule has 89 heavy (non-hydrogen) atoms. The van der Waals surface area contributed by atoms with Crippen molar-refractivity contribution >= 4 is 110 Å². The molecule has 2 aromatic heterocycles. The molecule has 1 aliphatic carbocycles. The minimum atomic E-state index is -0.815. The third kappa shape index (κ3) is 8.06. The fourth-order valence-electron chi connectivity index (χ4n) is 14.4. The van der Waals surface area contributed by atoms with Gasteiger partial charge in [-0.2, -0.15) is 0 Å². The third-order valence-electron chi connectivity index (χ3n) is 18.3. The summed E-state index contributed by atoms with van der Waals surface area (Å²) in [5, 5.41) is 7.66. The lowest BCUT2D eigenvalue weighted by molar-refractivity contribution is 0.436. The van der Waals surface area contributed by atoms with Gasteiger partial charge in [0, 0.05) is 104 Å². The van der Waals surface area contributed by atoms with Crippen LogP contribution in [0, 0.1) is 0 Å². The Morgan fingerprint density at radius 3 is 1.66 bits per heavy atom. The minimum absolute atomic E-state index is 0.713. The van der Waals surface area contributed by atoms with E-state index in [1.807, 2.05) is 23.5 Å². The normalized spacial score (nSPS) is 13.8. The average Bonchev–Trinajstić information content (AvgIpc) is 1.60. The lowest BCUT2D eigenvalue weighted by Gasteiger charge is -2.40. The van der Waals surface area contributed by atoms with Gasteiger partial charge in [-0.3, -0.25) is 0 Å². The first kappa shape index (κ1) is 51.3. The third-order valence-corrected chi connectivity index (χ3v) is 19.8. The Bertz CT molecular complexity index is 5500. The fraction of sp³-hybridized carbons (Fsp3) is 0.0120. The van der Waals surface area contributed by atoms with Crippen molar-refractivity contribution < 1.29 is 9.15 Å². The van der Waals surface area contributed by atoms with Crippen molar-refractivity contribution in [2.75, 3.05) is 9.80 Å². The van der Waals surface area contributed by atoms with Crippen molar-refractivity contribution in [2.45, 2.75) is 5.41 Å². The number of rotatable bonds is 9. The second-order valence-corrected chi connectivity index (χ2v) is 24.7. The summed E-state index contributed by atoms with van der Waals surface area (Å²) in [6, 6.07) is 112. The SMILES string of the molecule is Clc1cccc2c1-c1ccccc1[C@]21c2ccc(N(c3ccccc3)c3cc(-c4ccccc4)c4c(c3)sc3ccccc34)cc2Oc2cc(N(c3ccc(-c4ccccc4)cc3)c3cc(-c4ccc5ccccc5c4)c4oc5ccccc5c4c3)ccc21. The monoisotopic (exact) mass is 1170 g/mol. The molecule has 0 bridgehead atoms. The first-order valence-corrected chi connectivity index (χ1v) is 31.3. The highest BCUT2D eigenvalue weighted by Crippen LogP contribution is 2.64. The van der Waals surface area contributed by atoms with E-state index in [1.54, 1.807) is 0 Å². The van der Waals surface area contributed by atoms with Gasteiger partial charge in [0.15, 0.2) is 0 Å². The van der Waals surface area contributed by atoms with Gasteiger partial charge in [-0.15, -0.1) is 11.3 Å². The van der Waals surface area contributed by atoms with Crippen molar-refractivity contribution in [1.29, 1.82) is 0 Å². The van der Waals surface area contributed by atoms with E-state index >= 15 is 0 Å². The second kappa shape index (κ2) is 20.3. The molecule has 0 amide bonds. The van der Waals surface area contributed by atoms with Crippen LogP contribution in [0.3, 0.4) is 0 Å². The largest absolute Gasteiger partial charge is 0.457 e. The van der Waals surface area contributed by atoms with E-state index in [4.69, 9.17) is 20.8 Å². The van der Waals surface area contributed by atoms with Crippen LogP contribution in [0.15, 0.2) is 314 Å². The Kier molecular flexibility index (Phi) is 11.7. The minimum Gasteiger partial charge on any atom is -0.457 e. The predicted molar refractivity (Wildman–Crippen MR) is 372 cm³/mol. The number of fused-ring (bicyclic) bond motifs is 16. The van der Waals surface area contributed by atoms with E-state index < -0.39 is 5.41 Å².